The lowest BCUT2D eigenvalue weighted by atomic mass is 10.0. The van der Waals surface area contributed by atoms with Gasteiger partial charge in [-0.3, -0.25) is 9.48 Å². The fourth-order valence-corrected chi connectivity index (χ4v) is 5.11. The van der Waals surface area contributed by atoms with E-state index in [1.54, 1.807) is 30.2 Å². The van der Waals surface area contributed by atoms with Crippen LogP contribution in [0.15, 0.2) is 47.8 Å². The van der Waals surface area contributed by atoms with Crippen LogP contribution in [0, 0.1) is 6.92 Å². The van der Waals surface area contributed by atoms with E-state index in [0.717, 1.165) is 22.4 Å². The summed E-state index contributed by atoms with van der Waals surface area (Å²) >= 11 is 1.72. The molecular formula is C24H23N3O3S. The van der Waals surface area contributed by atoms with Crippen molar-refractivity contribution in [2.24, 2.45) is 7.05 Å². The molecule has 0 unspecified atom stereocenters. The van der Waals surface area contributed by atoms with E-state index in [1.807, 2.05) is 24.0 Å². The minimum Gasteiger partial charge on any atom is -0.493 e. The van der Waals surface area contributed by atoms with Crippen molar-refractivity contribution in [3.8, 4) is 22.6 Å². The number of aromatic nitrogens is 2. The molecule has 6 nitrogen and oxygen atoms in total. The van der Waals surface area contributed by atoms with Crippen LogP contribution < -0.4 is 9.47 Å². The molecule has 0 atom stereocenters. The first kappa shape index (κ1) is 19.6. The summed E-state index contributed by atoms with van der Waals surface area (Å²) in [4.78, 5) is 15.0. The molecule has 0 bridgehead atoms. The Kier molecular flexibility index (Phi) is 4.90. The van der Waals surface area contributed by atoms with Gasteiger partial charge in [-0.15, -0.1) is 11.3 Å². The van der Waals surface area contributed by atoms with Crippen LogP contribution >= 0.6 is 11.3 Å². The summed E-state index contributed by atoms with van der Waals surface area (Å²) in [5.74, 6) is 1.35. The average molecular weight is 434 g/mol. The molecule has 0 saturated heterocycles. The first-order chi connectivity index (χ1) is 15.0. The predicted molar refractivity (Wildman–Crippen MR) is 122 cm³/mol. The molecule has 1 amide bonds. The number of amides is 1. The third kappa shape index (κ3) is 3.45. The number of hydrogen-bond acceptors (Lipinski definition) is 5. The van der Waals surface area contributed by atoms with Crippen LogP contribution in [-0.2, 0) is 13.6 Å². The third-order valence-electron chi connectivity index (χ3n) is 5.62. The zero-order valence-corrected chi connectivity index (χ0v) is 18.5. The second-order valence-electron chi connectivity index (χ2n) is 7.68. The van der Waals surface area contributed by atoms with Crippen LogP contribution in [0.2, 0.25) is 0 Å². The average Bonchev–Trinajstić information content (AvgIpc) is 3.27. The van der Waals surface area contributed by atoms with E-state index in [2.05, 4.69) is 40.8 Å². The Bertz CT molecular complexity index is 1290. The number of fused-ring (bicyclic) bond motifs is 2. The Balaban J connectivity index is 1.57. The zero-order chi connectivity index (χ0) is 21.5. The van der Waals surface area contributed by atoms with E-state index in [1.165, 1.54) is 10.1 Å². The monoisotopic (exact) mass is 433 g/mol. The van der Waals surface area contributed by atoms with E-state index >= 15 is 0 Å². The van der Waals surface area contributed by atoms with Crippen molar-refractivity contribution < 1.29 is 14.3 Å². The summed E-state index contributed by atoms with van der Waals surface area (Å²) in [6.45, 7) is 3.24. The molecule has 31 heavy (non-hydrogen) atoms. The van der Waals surface area contributed by atoms with Gasteiger partial charge < -0.3 is 14.4 Å². The number of carbonyl (C=O) groups is 1. The van der Waals surface area contributed by atoms with Crippen LogP contribution in [0.3, 0.4) is 0 Å². The second kappa shape index (κ2) is 7.74. The maximum absolute atomic E-state index is 13.2. The number of nitrogens with zero attached hydrogens (tertiary/aromatic N) is 3. The Labute approximate surface area is 184 Å². The van der Waals surface area contributed by atoms with Crippen LogP contribution in [0.25, 0.3) is 21.2 Å². The van der Waals surface area contributed by atoms with Crippen molar-refractivity contribution in [1.29, 1.82) is 0 Å². The van der Waals surface area contributed by atoms with Gasteiger partial charge in [0, 0.05) is 34.8 Å². The molecule has 0 saturated carbocycles. The number of methoxy groups -OCH3 is 1. The van der Waals surface area contributed by atoms with E-state index in [9.17, 15) is 4.79 Å². The first-order valence-electron chi connectivity index (χ1n) is 10.2. The Morgan fingerprint density at radius 1 is 1.23 bits per heavy atom. The topological polar surface area (TPSA) is 56.6 Å². The molecule has 158 valence electrons. The van der Waals surface area contributed by atoms with Gasteiger partial charge in [-0.25, -0.2) is 0 Å². The Hall–Kier alpha value is -3.32. The molecule has 0 spiro atoms. The fraction of sp³-hybridized carbons (Fsp3) is 0.250. The lowest BCUT2D eigenvalue weighted by Crippen LogP contribution is -2.33. The van der Waals surface area contributed by atoms with E-state index in [-0.39, 0.29) is 5.91 Å². The molecule has 5 rings (SSSR count). The molecule has 1 aliphatic rings. The molecule has 0 aliphatic carbocycles. The molecule has 4 aromatic rings. The molecule has 3 heterocycles. The van der Waals surface area contributed by atoms with Gasteiger partial charge in [0.05, 0.1) is 19.3 Å². The molecule has 2 aromatic heterocycles. The van der Waals surface area contributed by atoms with Gasteiger partial charge in [0.15, 0.2) is 11.5 Å². The Morgan fingerprint density at radius 3 is 2.84 bits per heavy atom. The Morgan fingerprint density at radius 2 is 2.06 bits per heavy atom. The summed E-state index contributed by atoms with van der Waals surface area (Å²) in [6.07, 6.45) is 0. The van der Waals surface area contributed by atoms with Gasteiger partial charge in [0.25, 0.3) is 5.91 Å². The van der Waals surface area contributed by atoms with Crippen molar-refractivity contribution >= 4 is 27.3 Å². The zero-order valence-electron chi connectivity index (χ0n) is 17.7. The van der Waals surface area contributed by atoms with Crippen LogP contribution in [0.1, 0.15) is 21.7 Å². The molecule has 2 aromatic carbocycles. The predicted octanol–water partition coefficient (Wildman–Crippen LogP) is 4.65. The van der Waals surface area contributed by atoms with Crippen molar-refractivity contribution in [3.05, 3.63) is 64.8 Å². The smallest absolute Gasteiger partial charge is 0.272 e. The molecule has 0 N–H and O–H groups in total. The quantitative estimate of drug-likeness (QED) is 0.472. The van der Waals surface area contributed by atoms with Gasteiger partial charge >= 0.3 is 0 Å². The van der Waals surface area contributed by atoms with E-state index in [4.69, 9.17) is 9.47 Å². The van der Waals surface area contributed by atoms with Crippen molar-refractivity contribution in [2.75, 3.05) is 20.3 Å². The lowest BCUT2D eigenvalue weighted by molar-refractivity contribution is 0.0722. The summed E-state index contributed by atoms with van der Waals surface area (Å²) in [6, 6.07) is 14.3. The van der Waals surface area contributed by atoms with Crippen molar-refractivity contribution in [2.45, 2.75) is 13.5 Å². The number of ether oxygens (including phenoxy) is 2. The second-order valence-corrected chi connectivity index (χ2v) is 8.59. The maximum Gasteiger partial charge on any atom is 0.272 e. The lowest BCUT2D eigenvalue weighted by Gasteiger charge is -2.20. The highest BCUT2D eigenvalue weighted by atomic mass is 32.1. The van der Waals surface area contributed by atoms with E-state index in [0.29, 0.717) is 36.9 Å². The summed E-state index contributed by atoms with van der Waals surface area (Å²) in [5.41, 5.74) is 4.56. The number of aryl methyl sites for hydroxylation is 2. The minimum atomic E-state index is -0.0510. The first-order valence-corrected chi connectivity index (χ1v) is 11.0. The van der Waals surface area contributed by atoms with E-state index < -0.39 is 0 Å². The van der Waals surface area contributed by atoms with Gasteiger partial charge in [-0.2, -0.15) is 5.10 Å². The fourth-order valence-electron chi connectivity index (χ4n) is 4.14. The highest BCUT2D eigenvalue weighted by Gasteiger charge is 2.26. The standard InChI is InChI=1S/C24H23N3O3S/c1-15-10-20(26(2)25-15)24(28)27-8-9-30-23-17(13-27)11-16(12-21(23)29-3)19-14-31-22-7-5-4-6-18(19)22/h4-7,10-12,14H,8-9,13H2,1-3H3. The molecule has 0 fully saturated rings. The van der Waals surface area contributed by atoms with Gasteiger partial charge in [-0.1, -0.05) is 18.2 Å². The van der Waals surface area contributed by atoms with Gasteiger partial charge in [0.2, 0.25) is 0 Å². The highest BCUT2D eigenvalue weighted by Crippen LogP contribution is 2.41. The number of carbonyl (C=O) groups excluding carboxylic acids is 1. The molecule has 7 heteroatoms. The van der Waals surface area contributed by atoms with Crippen LogP contribution in [0.4, 0.5) is 0 Å². The summed E-state index contributed by atoms with van der Waals surface area (Å²) in [7, 11) is 3.45. The molecular weight excluding hydrogens is 410 g/mol. The largest absolute Gasteiger partial charge is 0.493 e. The molecule has 1 aliphatic heterocycles. The number of rotatable bonds is 3. The van der Waals surface area contributed by atoms with Crippen LogP contribution in [-0.4, -0.2) is 40.8 Å². The van der Waals surface area contributed by atoms with Crippen LogP contribution in [0.5, 0.6) is 11.5 Å². The summed E-state index contributed by atoms with van der Waals surface area (Å²) in [5, 5.41) is 7.70. The van der Waals surface area contributed by atoms with Crippen molar-refractivity contribution in [1.82, 2.24) is 14.7 Å². The third-order valence-corrected chi connectivity index (χ3v) is 6.58. The number of thiophene rings is 1. The van der Waals surface area contributed by atoms with Crippen molar-refractivity contribution in [3.63, 3.8) is 0 Å². The normalized spacial score (nSPS) is 13.6. The SMILES string of the molecule is COc1cc(-c2csc3ccccc23)cc2c1OCCN(C(=O)c1cc(C)nn1C)C2. The van der Waals surface area contributed by atoms with Gasteiger partial charge in [-0.05, 0) is 42.1 Å². The maximum atomic E-state index is 13.2. The molecule has 0 radical (unpaired) electrons. The van der Waals surface area contributed by atoms with Gasteiger partial charge in [0.1, 0.15) is 12.3 Å². The number of hydrogen-bond donors (Lipinski definition) is 0. The number of benzene rings is 2. The minimum absolute atomic E-state index is 0.0510. The highest BCUT2D eigenvalue weighted by molar-refractivity contribution is 7.17. The summed E-state index contributed by atoms with van der Waals surface area (Å²) < 4.78 is 14.6.